The van der Waals surface area contributed by atoms with Crippen LogP contribution in [0.2, 0.25) is 0 Å². The van der Waals surface area contributed by atoms with Crippen LogP contribution in [0.5, 0.6) is 0 Å². The fraction of sp³-hybridized carbons (Fsp3) is 0.455. The van der Waals surface area contributed by atoms with Crippen molar-refractivity contribution in [2.45, 2.75) is 0 Å². The molecule has 1 aromatic heterocycles. The summed E-state index contributed by atoms with van der Waals surface area (Å²) in [7, 11) is 1.66. The maximum atomic E-state index is 11.9. The smallest absolute Gasteiger partial charge is 0.257 e. The number of anilines is 1. The topological polar surface area (TPSA) is 88.7 Å². The molecule has 1 aromatic rings. The van der Waals surface area contributed by atoms with Crippen molar-refractivity contribution >= 4 is 11.6 Å². The summed E-state index contributed by atoms with van der Waals surface area (Å²) in [5.74, 6) is -0.191. The Bertz CT molecular complexity index is 371. The summed E-state index contributed by atoms with van der Waals surface area (Å²) in [4.78, 5) is 17.3. The van der Waals surface area contributed by atoms with Crippen molar-refractivity contribution in [3.63, 3.8) is 0 Å². The largest absolute Gasteiger partial charge is 0.398 e. The van der Waals surface area contributed by atoms with Crippen molar-refractivity contribution in [3.05, 3.63) is 24.0 Å². The van der Waals surface area contributed by atoms with Crippen molar-refractivity contribution in [2.24, 2.45) is 0 Å². The summed E-state index contributed by atoms with van der Waals surface area (Å²) in [5, 5.41) is 8.52. The predicted octanol–water partition coefficient (Wildman–Crippen LogP) is -0.255. The quantitative estimate of drug-likeness (QED) is 0.668. The minimum absolute atomic E-state index is 0.0206. The molecule has 17 heavy (non-hydrogen) atoms. The predicted molar refractivity (Wildman–Crippen MR) is 63.5 cm³/mol. The van der Waals surface area contributed by atoms with E-state index in [-0.39, 0.29) is 19.1 Å². The first kappa shape index (κ1) is 13.4. The Kier molecular flexibility index (Phi) is 5.38. The van der Waals surface area contributed by atoms with Crippen molar-refractivity contribution in [2.75, 3.05) is 39.1 Å². The van der Waals surface area contributed by atoms with Crippen molar-refractivity contribution < 1.29 is 14.6 Å². The molecule has 0 bridgehead atoms. The summed E-state index contributed by atoms with van der Waals surface area (Å²) in [6, 6.07) is 1.59. The van der Waals surface area contributed by atoms with Gasteiger partial charge >= 0.3 is 0 Å². The summed E-state index contributed by atoms with van der Waals surface area (Å²) >= 11 is 0. The van der Waals surface area contributed by atoms with Gasteiger partial charge in [-0.1, -0.05) is 0 Å². The van der Waals surface area contributed by atoms with E-state index < -0.39 is 0 Å². The van der Waals surface area contributed by atoms with Gasteiger partial charge in [-0.25, -0.2) is 0 Å². The third kappa shape index (κ3) is 4.01. The lowest BCUT2D eigenvalue weighted by Crippen LogP contribution is -2.31. The molecule has 0 aromatic carbocycles. The number of nitrogen functional groups attached to an aromatic ring is 1. The highest BCUT2D eigenvalue weighted by molar-refractivity contribution is 5.98. The fourth-order valence-corrected chi connectivity index (χ4v) is 1.26. The van der Waals surface area contributed by atoms with Gasteiger partial charge in [-0.3, -0.25) is 9.78 Å². The molecule has 0 aliphatic heterocycles. The van der Waals surface area contributed by atoms with Gasteiger partial charge < -0.3 is 20.5 Å². The molecule has 0 aliphatic rings. The molecule has 6 heteroatoms. The first-order valence-electron chi connectivity index (χ1n) is 5.30. The van der Waals surface area contributed by atoms with Crippen molar-refractivity contribution in [1.82, 2.24) is 9.88 Å². The SMILES string of the molecule is CN(CCOCCO)C(=O)c1cnccc1N. The van der Waals surface area contributed by atoms with Gasteiger partial charge in [0.1, 0.15) is 0 Å². The van der Waals surface area contributed by atoms with Crippen LogP contribution in [0.1, 0.15) is 10.4 Å². The maximum Gasteiger partial charge on any atom is 0.257 e. The number of amides is 1. The molecule has 0 aliphatic carbocycles. The monoisotopic (exact) mass is 239 g/mol. The minimum Gasteiger partial charge on any atom is -0.398 e. The second-order valence-corrected chi connectivity index (χ2v) is 3.53. The molecule has 0 saturated heterocycles. The number of carbonyl (C=O) groups is 1. The van der Waals surface area contributed by atoms with Crippen molar-refractivity contribution in [1.29, 1.82) is 0 Å². The Morgan fingerprint density at radius 1 is 1.59 bits per heavy atom. The third-order valence-corrected chi connectivity index (χ3v) is 2.24. The Labute approximate surface area is 100 Å². The number of rotatable bonds is 6. The van der Waals surface area contributed by atoms with Crippen molar-refractivity contribution in [3.8, 4) is 0 Å². The van der Waals surface area contributed by atoms with Crippen LogP contribution in [-0.4, -0.2) is 54.3 Å². The van der Waals surface area contributed by atoms with E-state index in [0.717, 1.165) is 0 Å². The lowest BCUT2D eigenvalue weighted by Gasteiger charge is -2.17. The number of nitrogens with two attached hydrogens (primary N) is 1. The van der Waals surface area contributed by atoms with E-state index in [4.69, 9.17) is 15.6 Å². The van der Waals surface area contributed by atoms with Gasteiger partial charge in [0.2, 0.25) is 0 Å². The molecule has 1 heterocycles. The molecule has 3 N–H and O–H groups in total. The number of hydrogen-bond donors (Lipinski definition) is 2. The molecule has 0 saturated carbocycles. The molecule has 0 spiro atoms. The van der Waals surface area contributed by atoms with Gasteiger partial charge in [-0.15, -0.1) is 0 Å². The van der Waals surface area contributed by atoms with Crippen LogP contribution in [0.3, 0.4) is 0 Å². The zero-order chi connectivity index (χ0) is 12.7. The highest BCUT2D eigenvalue weighted by Gasteiger charge is 2.14. The number of aliphatic hydroxyl groups excluding tert-OH is 1. The van der Waals surface area contributed by atoms with Gasteiger partial charge in [0.15, 0.2) is 0 Å². The van der Waals surface area contributed by atoms with E-state index in [0.29, 0.717) is 24.4 Å². The maximum absolute atomic E-state index is 11.9. The number of likely N-dealkylation sites (N-methyl/N-ethyl adjacent to an activating group) is 1. The Morgan fingerprint density at radius 3 is 3.00 bits per heavy atom. The molecular weight excluding hydrogens is 222 g/mol. The van der Waals surface area contributed by atoms with Crippen LogP contribution in [-0.2, 0) is 4.74 Å². The first-order chi connectivity index (χ1) is 8.16. The Morgan fingerprint density at radius 2 is 2.35 bits per heavy atom. The van der Waals surface area contributed by atoms with Gasteiger partial charge in [-0.2, -0.15) is 0 Å². The van der Waals surface area contributed by atoms with Crippen LogP contribution < -0.4 is 5.73 Å². The Hall–Kier alpha value is -1.66. The lowest BCUT2D eigenvalue weighted by molar-refractivity contribution is 0.0619. The molecule has 0 radical (unpaired) electrons. The standard InChI is InChI=1S/C11H17N3O3/c1-14(4-6-17-7-5-15)11(16)9-8-13-3-2-10(9)12/h2-3,8,15H,4-7H2,1H3,(H2,12,13). The number of carbonyl (C=O) groups excluding carboxylic acids is 1. The van der Waals surface area contributed by atoms with Crippen LogP contribution >= 0.6 is 0 Å². The average molecular weight is 239 g/mol. The van der Waals surface area contributed by atoms with Gasteiger partial charge in [0, 0.05) is 31.7 Å². The number of hydrogen-bond acceptors (Lipinski definition) is 5. The number of aliphatic hydroxyl groups is 1. The number of nitrogens with zero attached hydrogens (tertiary/aromatic N) is 2. The average Bonchev–Trinajstić information content (AvgIpc) is 2.34. The van der Waals surface area contributed by atoms with Gasteiger partial charge in [-0.05, 0) is 6.07 Å². The first-order valence-corrected chi connectivity index (χ1v) is 5.30. The van der Waals surface area contributed by atoms with E-state index >= 15 is 0 Å². The molecule has 0 atom stereocenters. The second-order valence-electron chi connectivity index (χ2n) is 3.53. The molecule has 94 valence electrons. The molecule has 1 rings (SSSR count). The summed E-state index contributed by atoms with van der Waals surface area (Å²) in [6.07, 6.45) is 2.99. The minimum atomic E-state index is -0.191. The summed E-state index contributed by atoms with van der Waals surface area (Å²) in [5.41, 5.74) is 6.48. The van der Waals surface area contributed by atoms with E-state index in [9.17, 15) is 4.79 Å². The highest BCUT2D eigenvalue weighted by Crippen LogP contribution is 2.10. The van der Waals surface area contributed by atoms with Crippen LogP contribution in [0.25, 0.3) is 0 Å². The summed E-state index contributed by atoms with van der Waals surface area (Å²) < 4.78 is 5.08. The van der Waals surface area contributed by atoms with Crippen LogP contribution in [0.4, 0.5) is 5.69 Å². The molecule has 6 nitrogen and oxygen atoms in total. The lowest BCUT2D eigenvalue weighted by atomic mass is 10.2. The number of ether oxygens (including phenoxy) is 1. The Balaban J connectivity index is 2.49. The molecule has 0 fully saturated rings. The molecule has 0 unspecified atom stereocenters. The van der Waals surface area contributed by atoms with E-state index in [1.165, 1.54) is 17.3 Å². The van der Waals surface area contributed by atoms with E-state index in [1.807, 2.05) is 0 Å². The normalized spacial score (nSPS) is 10.2. The summed E-state index contributed by atoms with van der Waals surface area (Å²) in [6.45, 7) is 1.07. The van der Waals surface area contributed by atoms with E-state index in [2.05, 4.69) is 4.98 Å². The van der Waals surface area contributed by atoms with E-state index in [1.54, 1.807) is 13.1 Å². The zero-order valence-electron chi connectivity index (χ0n) is 9.80. The zero-order valence-corrected chi connectivity index (χ0v) is 9.80. The molecular formula is C11H17N3O3. The fourth-order valence-electron chi connectivity index (χ4n) is 1.26. The van der Waals surface area contributed by atoms with Gasteiger partial charge in [0.05, 0.1) is 25.4 Å². The van der Waals surface area contributed by atoms with Crippen LogP contribution in [0.15, 0.2) is 18.5 Å². The number of pyridine rings is 1. The highest BCUT2D eigenvalue weighted by atomic mass is 16.5. The van der Waals surface area contributed by atoms with Crippen LogP contribution in [0, 0.1) is 0 Å². The third-order valence-electron chi connectivity index (χ3n) is 2.24. The second kappa shape index (κ2) is 6.82. The number of aromatic nitrogens is 1. The van der Waals surface area contributed by atoms with Gasteiger partial charge in [0.25, 0.3) is 5.91 Å². The molecule has 1 amide bonds.